The van der Waals surface area contributed by atoms with Gasteiger partial charge in [-0.05, 0) is 31.9 Å². The van der Waals surface area contributed by atoms with Gasteiger partial charge in [-0.15, -0.1) is 11.6 Å². The minimum Gasteiger partial charge on any atom is -0.354 e. The zero-order valence-electron chi connectivity index (χ0n) is 9.82. The van der Waals surface area contributed by atoms with Gasteiger partial charge in [0.05, 0.1) is 11.6 Å². The van der Waals surface area contributed by atoms with E-state index in [-0.39, 0.29) is 0 Å². The van der Waals surface area contributed by atoms with Crippen molar-refractivity contribution in [3.05, 3.63) is 23.9 Å². The number of nitrogens with zero attached hydrogens (tertiary/aromatic N) is 2. The molecule has 2 rings (SSSR count). The van der Waals surface area contributed by atoms with Crippen LogP contribution in [0.4, 0.5) is 5.82 Å². The normalized spacial score (nSPS) is 21.9. The first-order chi connectivity index (χ1) is 7.81. The van der Waals surface area contributed by atoms with E-state index >= 15 is 0 Å². The Morgan fingerprint density at radius 1 is 1.38 bits per heavy atom. The van der Waals surface area contributed by atoms with Crippen molar-refractivity contribution in [2.24, 2.45) is 0 Å². The molecule has 88 valence electrons. The molecule has 2 heterocycles. The summed E-state index contributed by atoms with van der Waals surface area (Å²) in [5, 5.41) is 0. The van der Waals surface area contributed by atoms with Crippen molar-refractivity contribution in [1.82, 2.24) is 4.98 Å². The summed E-state index contributed by atoms with van der Waals surface area (Å²) in [5.41, 5.74) is 0.968. The molecule has 0 spiro atoms. The van der Waals surface area contributed by atoms with Crippen molar-refractivity contribution < 1.29 is 0 Å². The largest absolute Gasteiger partial charge is 0.354 e. The van der Waals surface area contributed by atoms with E-state index in [1.165, 1.54) is 25.7 Å². The lowest BCUT2D eigenvalue weighted by Crippen LogP contribution is -2.33. The smallest absolute Gasteiger partial charge is 0.129 e. The van der Waals surface area contributed by atoms with Crippen LogP contribution >= 0.6 is 11.6 Å². The van der Waals surface area contributed by atoms with Crippen LogP contribution in [0.15, 0.2) is 18.2 Å². The minimum absolute atomic E-state index is 0.496. The minimum atomic E-state index is 0.496. The lowest BCUT2D eigenvalue weighted by Gasteiger charge is -2.28. The zero-order chi connectivity index (χ0) is 11.4. The van der Waals surface area contributed by atoms with Gasteiger partial charge in [-0.3, -0.25) is 0 Å². The fraction of sp³-hybridized carbons (Fsp3) is 0.615. The molecule has 1 aliphatic heterocycles. The molecular formula is C13H19ClN2. The summed E-state index contributed by atoms with van der Waals surface area (Å²) in [6.07, 6.45) is 5.23. The van der Waals surface area contributed by atoms with Crippen molar-refractivity contribution in [2.45, 2.75) is 44.5 Å². The molecular weight excluding hydrogens is 220 g/mol. The molecule has 1 aromatic rings. The van der Waals surface area contributed by atoms with Crippen molar-refractivity contribution in [1.29, 1.82) is 0 Å². The average Bonchev–Trinajstić information content (AvgIpc) is 2.54. The summed E-state index contributed by atoms with van der Waals surface area (Å²) in [5.74, 6) is 1.59. The van der Waals surface area contributed by atoms with Crippen molar-refractivity contribution >= 4 is 17.4 Å². The van der Waals surface area contributed by atoms with Crippen LogP contribution in [0.5, 0.6) is 0 Å². The molecule has 1 saturated heterocycles. The number of aromatic nitrogens is 1. The molecule has 0 aromatic carbocycles. The Labute approximate surface area is 103 Å². The van der Waals surface area contributed by atoms with Gasteiger partial charge < -0.3 is 4.90 Å². The molecule has 1 aliphatic rings. The summed E-state index contributed by atoms with van der Waals surface area (Å²) >= 11 is 5.83. The third-order valence-electron chi connectivity index (χ3n) is 3.28. The number of rotatable bonds is 2. The zero-order valence-corrected chi connectivity index (χ0v) is 10.6. The number of halogens is 1. The van der Waals surface area contributed by atoms with Crippen LogP contribution < -0.4 is 4.90 Å². The standard InChI is InChI=1S/C13H19ClN2/c1-11-6-3-2-4-9-16(11)13-8-5-7-12(10-14)15-13/h5,7-8,11H,2-4,6,9-10H2,1H3. The molecule has 0 N–H and O–H groups in total. The Kier molecular flexibility index (Phi) is 4.05. The van der Waals surface area contributed by atoms with Gasteiger partial charge in [0.25, 0.3) is 0 Å². The fourth-order valence-corrected chi connectivity index (χ4v) is 2.47. The molecule has 0 aliphatic carbocycles. The van der Waals surface area contributed by atoms with Crippen LogP contribution in [0.25, 0.3) is 0 Å². The third-order valence-corrected chi connectivity index (χ3v) is 3.55. The lowest BCUT2D eigenvalue weighted by molar-refractivity contribution is 0.610. The topological polar surface area (TPSA) is 16.1 Å². The van der Waals surface area contributed by atoms with Gasteiger partial charge in [0, 0.05) is 12.6 Å². The van der Waals surface area contributed by atoms with Crippen molar-refractivity contribution in [3.8, 4) is 0 Å². The maximum absolute atomic E-state index is 5.83. The van der Waals surface area contributed by atoms with Crippen LogP contribution in [-0.4, -0.2) is 17.6 Å². The first-order valence-electron chi connectivity index (χ1n) is 6.10. The quantitative estimate of drug-likeness (QED) is 0.732. The van der Waals surface area contributed by atoms with Crippen molar-refractivity contribution in [3.63, 3.8) is 0 Å². The molecule has 1 atom stereocenters. The van der Waals surface area contributed by atoms with Crippen LogP contribution in [0.3, 0.4) is 0 Å². The number of anilines is 1. The first-order valence-corrected chi connectivity index (χ1v) is 6.63. The highest BCUT2D eigenvalue weighted by atomic mass is 35.5. The van der Waals surface area contributed by atoms with E-state index in [0.717, 1.165) is 18.1 Å². The molecule has 1 unspecified atom stereocenters. The summed E-state index contributed by atoms with van der Waals surface area (Å²) in [4.78, 5) is 7.02. The Balaban J connectivity index is 2.19. The van der Waals surface area contributed by atoms with Gasteiger partial charge >= 0.3 is 0 Å². The van der Waals surface area contributed by atoms with Gasteiger partial charge in [0.2, 0.25) is 0 Å². The second kappa shape index (κ2) is 5.53. The van der Waals surface area contributed by atoms with E-state index in [1.54, 1.807) is 0 Å². The molecule has 0 radical (unpaired) electrons. The van der Waals surface area contributed by atoms with E-state index < -0.39 is 0 Å². The summed E-state index contributed by atoms with van der Waals surface area (Å²) < 4.78 is 0. The first kappa shape index (κ1) is 11.7. The van der Waals surface area contributed by atoms with Gasteiger partial charge in [0.15, 0.2) is 0 Å². The second-order valence-electron chi connectivity index (χ2n) is 4.51. The van der Waals surface area contributed by atoms with E-state index in [4.69, 9.17) is 11.6 Å². The molecule has 1 fully saturated rings. The lowest BCUT2D eigenvalue weighted by atomic mass is 10.1. The Morgan fingerprint density at radius 2 is 2.25 bits per heavy atom. The van der Waals surface area contributed by atoms with Gasteiger partial charge in [0.1, 0.15) is 5.82 Å². The SMILES string of the molecule is CC1CCCCCN1c1cccc(CCl)n1. The van der Waals surface area contributed by atoms with Crippen LogP contribution in [0, 0.1) is 0 Å². The maximum Gasteiger partial charge on any atom is 0.129 e. The fourth-order valence-electron chi connectivity index (χ4n) is 2.32. The molecule has 1 aromatic heterocycles. The summed E-state index contributed by atoms with van der Waals surface area (Å²) in [6, 6.07) is 6.73. The van der Waals surface area contributed by atoms with Gasteiger partial charge in [-0.1, -0.05) is 18.9 Å². The average molecular weight is 239 g/mol. The van der Waals surface area contributed by atoms with Crippen LogP contribution in [-0.2, 0) is 5.88 Å². The highest BCUT2D eigenvalue weighted by Gasteiger charge is 2.18. The predicted molar refractivity (Wildman–Crippen MR) is 69.1 cm³/mol. The summed E-state index contributed by atoms with van der Waals surface area (Å²) in [6.45, 7) is 3.42. The van der Waals surface area contributed by atoms with Gasteiger partial charge in [-0.2, -0.15) is 0 Å². The van der Waals surface area contributed by atoms with E-state index in [2.05, 4.69) is 28.9 Å². The molecule has 0 saturated carbocycles. The highest BCUT2D eigenvalue weighted by molar-refractivity contribution is 6.16. The molecule has 3 heteroatoms. The maximum atomic E-state index is 5.83. The monoisotopic (exact) mass is 238 g/mol. The van der Waals surface area contributed by atoms with Gasteiger partial charge in [-0.25, -0.2) is 4.98 Å². The number of alkyl halides is 1. The number of pyridine rings is 1. The Morgan fingerprint density at radius 3 is 3.06 bits per heavy atom. The van der Waals surface area contributed by atoms with E-state index in [1.807, 2.05) is 6.07 Å². The van der Waals surface area contributed by atoms with Crippen LogP contribution in [0.2, 0.25) is 0 Å². The number of hydrogen-bond donors (Lipinski definition) is 0. The van der Waals surface area contributed by atoms with Crippen LogP contribution in [0.1, 0.15) is 38.3 Å². The Bertz CT molecular complexity index is 340. The second-order valence-corrected chi connectivity index (χ2v) is 4.78. The van der Waals surface area contributed by atoms with E-state index in [0.29, 0.717) is 11.9 Å². The molecule has 0 amide bonds. The third kappa shape index (κ3) is 2.67. The Hall–Kier alpha value is -0.760. The van der Waals surface area contributed by atoms with E-state index in [9.17, 15) is 0 Å². The molecule has 16 heavy (non-hydrogen) atoms. The molecule has 2 nitrogen and oxygen atoms in total. The number of hydrogen-bond acceptors (Lipinski definition) is 2. The van der Waals surface area contributed by atoms with Crippen molar-refractivity contribution in [2.75, 3.05) is 11.4 Å². The highest BCUT2D eigenvalue weighted by Crippen LogP contribution is 2.22. The molecule has 0 bridgehead atoms. The predicted octanol–water partition coefficient (Wildman–Crippen LogP) is 3.59. The summed E-state index contributed by atoms with van der Waals surface area (Å²) in [7, 11) is 0.